The van der Waals surface area contributed by atoms with Crippen LogP contribution in [0.3, 0.4) is 0 Å². The van der Waals surface area contributed by atoms with Crippen molar-refractivity contribution in [2.75, 3.05) is 18.8 Å². The maximum atomic E-state index is 13.3. The predicted octanol–water partition coefficient (Wildman–Crippen LogP) is -2.26. The third kappa shape index (κ3) is 9.34. The van der Waals surface area contributed by atoms with Crippen LogP contribution < -0.4 is 31.1 Å². The van der Waals surface area contributed by atoms with Crippen molar-refractivity contribution in [2.45, 2.75) is 44.5 Å². The first-order chi connectivity index (χ1) is 26.7. The Labute approximate surface area is 329 Å². The highest BCUT2D eigenvalue weighted by Gasteiger charge is 2.54. The molecule has 1 aliphatic heterocycles. The minimum atomic E-state index is -5.15. The minimum Gasteiger partial charge on any atom is -0.504 e. The molecule has 27 heteroatoms. The molecular weight excluding hydrogens is 819 g/mol. The fourth-order valence-electron chi connectivity index (χ4n) is 5.09. The lowest BCUT2D eigenvalue weighted by atomic mass is 9.98. The number of amides is 4. The Morgan fingerprint density at radius 1 is 1.14 bits per heavy atom. The zero-order chi connectivity index (χ0) is 42.0. The normalized spacial score (nSPS) is 15.8. The molecule has 57 heavy (non-hydrogen) atoms. The number of hydrogen-bond acceptors (Lipinski definition) is 17. The Balaban J connectivity index is 1.21. The Bertz CT molecular complexity index is 2390. The monoisotopic (exact) mass is 853 g/mol. The number of aliphatic carboxylic acids is 1. The van der Waals surface area contributed by atoms with Crippen LogP contribution in [0.4, 0.5) is 5.13 Å². The van der Waals surface area contributed by atoms with Gasteiger partial charge in [-0.1, -0.05) is 5.16 Å². The van der Waals surface area contributed by atoms with E-state index in [1.165, 1.54) is 11.6 Å². The summed E-state index contributed by atoms with van der Waals surface area (Å²) in [6, 6.07) is -2.22. The van der Waals surface area contributed by atoms with Crippen molar-refractivity contribution >= 4 is 73.4 Å². The van der Waals surface area contributed by atoms with Crippen LogP contribution in [0.15, 0.2) is 41.4 Å². The number of pyridine rings is 1. The molecule has 4 aromatic heterocycles. The average molecular weight is 854 g/mol. The molecule has 0 radical (unpaired) electrons. The first kappa shape index (κ1) is 41.7. The summed E-state index contributed by atoms with van der Waals surface area (Å²) in [6.45, 7) is 2.32. The number of thiazole rings is 2. The van der Waals surface area contributed by atoms with E-state index in [2.05, 4.69) is 31.1 Å². The van der Waals surface area contributed by atoms with E-state index in [-0.39, 0.29) is 32.2 Å². The number of hydrogen-bond donors (Lipinski definition) is 9. The summed E-state index contributed by atoms with van der Waals surface area (Å²) in [5, 5.41) is 50.9. The van der Waals surface area contributed by atoms with Crippen LogP contribution in [0.5, 0.6) is 11.5 Å². The largest absolute Gasteiger partial charge is 0.504 e. The van der Waals surface area contributed by atoms with Gasteiger partial charge in [0.05, 0.1) is 36.6 Å². The Morgan fingerprint density at radius 2 is 1.86 bits per heavy atom. The van der Waals surface area contributed by atoms with Gasteiger partial charge in [-0.05, 0) is 20.3 Å². The number of oxime groups is 1. The fraction of sp³-hybridized carbons (Fsp3) is 0.333. The number of aromatic nitrogens is 5. The number of carbonyl (C=O) groups is 5. The molecule has 4 amide bonds. The number of carboxylic acid groups (broad SMARTS) is 1. The summed E-state index contributed by atoms with van der Waals surface area (Å²) in [7, 11) is -3.40. The third-order valence-electron chi connectivity index (χ3n) is 8.14. The van der Waals surface area contributed by atoms with E-state index in [9.17, 15) is 57.5 Å². The molecule has 24 nitrogen and oxygen atoms in total. The molecule has 5 rings (SSSR count). The summed E-state index contributed by atoms with van der Waals surface area (Å²) in [5.41, 5.74) is 3.34. The van der Waals surface area contributed by atoms with Crippen LogP contribution in [0, 0.1) is 0 Å². The third-order valence-corrected chi connectivity index (χ3v) is 10.8. The number of rotatable bonds is 16. The molecule has 0 saturated carbocycles. The summed E-state index contributed by atoms with van der Waals surface area (Å²) in [4.78, 5) is 76.6. The molecule has 1 aliphatic rings. The number of anilines is 1. The van der Waals surface area contributed by atoms with Crippen molar-refractivity contribution in [1.29, 1.82) is 0 Å². The van der Waals surface area contributed by atoms with Crippen molar-refractivity contribution in [2.24, 2.45) is 12.2 Å². The van der Waals surface area contributed by atoms with Gasteiger partial charge >= 0.3 is 27.9 Å². The number of nitrogens with two attached hydrogens (primary N) is 1. The number of carboxylic acids is 1. The van der Waals surface area contributed by atoms with Gasteiger partial charge in [-0.3, -0.25) is 28.9 Å². The standard InChI is InChI=1S/C30H33N11O13S3/c1-30(2,28(48)49)54-37-21(15-13-55-29(31)35-15)25(46)36-22-17(41(27(22)47)57(51,52)53)8-33-24(45)20-9-34-26(56-20)14-10-38(3)39(11-14)6-4-5-32-23(44)16-7-18(42)19(43)12-40(16)50/h7,9-13,17,22,50H,4-6,8H2,1-3H3,(H7-,31,32,33,35,36,43,44,45,46,48,49,51,52,53)/p+2/b37-21-. The van der Waals surface area contributed by atoms with Crippen LogP contribution in [-0.2, 0) is 43.1 Å². The number of nitrogens with one attached hydrogen (secondary N) is 3. The topological polar surface area (TPSA) is 346 Å². The molecule has 0 spiro atoms. The van der Waals surface area contributed by atoms with Crippen LogP contribution >= 0.6 is 22.7 Å². The van der Waals surface area contributed by atoms with E-state index < -0.39 is 81.3 Å². The van der Waals surface area contributed by atoms with Gasteiger partial charge in [-0.15, -0.1) is 27.4 Å². The second-order valence-electron chi connectivity index (χ2n) is 12.6. The smallest absolute Gasteiger partial charge is 0.362 e. The maximum absolute atomic E-state index is 13.3. The maximum Gasteiger partial charge on any atom is 0.362 e. The molecule has 1 saturated heterocycles. The number of carbonyl (C=O) groups excluding carboxylic acids is 4. The molecule has 0 aliphatic carbocycles. The second-order valence-corrected chi connectivity index (χ2v) is 15.8. The van der Waals surface area contributed by atoms with Gasteiger partial charge in [0.25, 0.3) is 23.9 Å². The molecule has 0 bridgehead atoms. The van der Waals surface area contributed by atoms with Crippen LogP contribution in [0.2, 0.25) is 0 Å². The highest BCUT2D eigenvalue weighted by molar-refractivity contribution is 7.84. The molecular formula is C30H35N11O13S3+2. The van der Waals surface area contributed by atoms with Gasteiger partial charge < -0.3 is 41.8 Å². The SMILES string of the molecule is C[n+]1cc(-c2ncc(C(=O)NCC3C(NC(=O)/C(=N\OC(C)(C)C(=O)O)c4csc(N)n4)C(=O)N3S(=O)(=O)O)s2)cn1CCCNC(=O)c1cc(O)c(O)c[n+]1O. The summed E-state index contributed by atoms with van der Waals surface area (Å²) >= 11 is 1.89. The second kappa shape index (κ2) is 16.3. The molecule has 2 unspecified atom stereocenters. The number of aryl methyl sites for hydroxylation is 2. The van der Waals surface area contributed by atoms with E-state index >= 15 is 0 Å². The Kier molecular flexibility index (Phi) is 12.0. The molecule has 4 aromatic rings. The van der Waals surface area contributed by atoms with Crippen molar-refractivity contribution in [3.63, 3.8) is 0 Å². The highest BCUT2D eigenvalue weighted by atomic mass is 32.2. The van der Waals surface area contributed by atoms with Gasteiger partial charge in [-0.25, -0.2) is 19.1 Å². The highest BCUT2D eigenvalue weighted by Crippen LogP contribution is 2.27. The first-order valence-electron chi connectivity index (χ1n) is 16.3. The van der Waals surface area contributed by atoms with E-state index in [4.69, 9.17) is 10.6 Å². The lowest BCUT2D eigenvalue weighted by Gasteiger charge is -2.44. The van der Waals surface area contributed by atoms with E-state index in [0.29, 0.717) is 28.3 Å². The quantitative estimate of drug-likeness (QED) is 0.0109. The van der Waals surface area contributed by atoms with Crippen molar-refractivity contribution < 1.29 is 71.7 Å². The number of nitrogens with zero attached hydrogens (tertiary/aromatic N) is 7. The van der Waals surface area contributed by atoms with Gasteiger partial charge in [-0.2, -0.15) is 13.1 Å². The predicted molar refractivity (Wildman–Crippen MR) is 193 cm³/mol. The van der Waals surface area contributed by atoms with E-state index in [1.807, 2.05) is 0 Å². The molecule has 304 valence electrons. The summed E-state index contributed by atoms with van der Waals surface area (Å²) in [5.74, 6) is -6.42. The van der Waals surface area contributed by atoms with E-state index in [1.54, 1.807) is 28.8 Å². The summed E-state index contributed by atoms with van der Waals surface area (Å²) in [6.07, 6.45) is 5.95. The zero-order valence-electron chi connectivity index (χ0n) is 29.9. The molecule has 10 N–H and O–H groups in total. The van der Waals surface area contributed by atoms with Crippen molar-refractivity contribution in [3.05, 3.63) is 52.5 Å². The lowest BCUT2D eigenvalue weighted by Crippen LogP contribution is -2.74. The molecule has 2 atom stereocenters. The van der Waals surface area contributed by atoms with Crippen LogP contribution in [0.1, 0.15) is 46.1 Å². The minimum absolute atomic E-state index is 0.00950. The molecule has 5 heterocycles. The van der Waals surface area contributed by atoms with Gasteiger partial charge in [0, 0.05) is 23.2 Å². The molecule has 1 fully saturated rings. The van der Waals surface area contributed by atoms with Crippen LogP contribution in [-0.4, -0.2) is 119 Å². The van der Waals surface area contributed by atoms with Gasteiger partial charge in [0.15, 0.2) is 23.6 Å². The number of nitrogen functional groups attached to an aromatic ring is 1. The summed E-state index contributed by atoms with van der Waals surface area (Å²) < 4.78 is 37.8. The van der Waals surface area contributed by atoms with Crippen molar-refractivity contribution in [3.8, 4) is 22.1 Å². The number of aromatic hydroxyl groups is 2. The zero-order valence-corrected chi connectivity index (χ0v) is 32.3. The Hall–Kier alpha value is -6.45. The average Bonchev–Trinajstić information content (AvgIpc) is 3.88. The lowest BCUT2D eigenvalue weighted by molar-refractivity contribution is -0.906. The first-order valence-corrected chi connectivity index (χ1v) is 19.3. The number of β-lactam (4-membered cyclic amide) rings is 1. The van der Waals surface area contributed by atoms with Gasteiger partial charge in [0.2, 0.25) is 17.5 Å². The van der Waals surface area contributed by atoms with Crippen LogP contribution in [0.25, 0.3) is 10.6 Å². The Morgan fingerprint density at radius 3 is 2.51 bits per heavy atom. The van der Waals surface area contributed by atoms with Crippen molar-refractivity contribution in [1.82, 2.24) is 34.9 Å². The van der Waals surface area contributed by atoms with E-state index in [0.717, 1.165) is 48.8 Å². The van der Waals surface area contributed by atoms with Gasteiger partial charge in [0.1, 0.15) is 21.6 Å². The molecule has 0 aromatic carbocycles. The fourth-order valence-corrected chi connectivity index (χ4v) is 7.32.